The van der Waals surface area contributed by atoms with Gasteiger partial charge in [0.1, 0.15) is 17.5 Å². The molecule has 0 aromatic heterocycles. The van der Waals surface area contributed by atoms with E-state index in [-0.39, 0.29) is 35.7 Å². The lowest BCUT2D eigenvalue weighted by molar-refractivity contribution is -0.129. The molecule has 0 bridgehead atoms. The first-order valence-electron chi connectivity index (χ1n) is 10.6. The van der Waals surface area contributed by atoms with E-state index < -0.39 is 16.1 Å². The maximum Gasteiger partial charge on any atom is 0.246 e. The fourth-order valence-corrected chi connectivity index (χ4v) is 5.07. The molecule has 9 nitrogen and oxygen atoms in total. The summed E-state index contributed by atoms with van der Waals surface area (Å²) in [5.74, 6) is 0.218. The SMILES string of the molecule is COc1ccc(S(=O)(=O)N2CCC(C(=O)N[C@H](C)C(=O)Nc3cccc(OC)c3)CC2)cc1. The average molecular weight is 476 g/mol. The van der Waals surface area contributed by atoms with Gasteiger partial charge in [-0.1, -0.05) is 6.07 Å². The third-order valence-electron chi connectivity index (χ3n) is 5.61. The summed E-state index contributed by atoms with van der Waals surface area (Å²) in [6.45, 7) is 2.07. The van der Waals surface area contributed by atoms with E-state index >= 15 is 0 Å². The Balaban J connectivity index is 1.52. The largest absolute Gasteiger partial charge is 0.497 e. The molecule has 0 unspecified atom stereocenters. The molecular formula is C23H29N3O6S. The highest BCUT2D eigenvalue weighted by atomic mass is 32.2. The van der Waals surface area contributed by atoms with Crippen molar-refractivity contribution in [1.29, 1.82) is 0 Å². The standard InChI is InChI=1S/C23H29N3O6S/c1-16(22(27)25-18-5-4-6-20(15-18)32-3)24-23(28)17-11-13-26(14-12-17)33(29,30)21-9-7-19(31-2)8-10-21/h4-10,15-17H,11-14H2,1-3H3,(H,24,28)(H,25,27)/t16-/m1/s1. The number of amides is 2. The third kappa shape index (κ3) is 6.02. The number of anilines is 1. The Bertz CT molecular complexity index is 1080. The highest BCUT2D eigenvalue weighted by molar-refractivity contribution is 7.89. The van der Waals surface area contributed by atoms with Crippen molar-refractivity contribution < 1.29 is 27.5 Å². The number of hydrogen-bond acceptors (Lipinski definition) is 6. The van der Waals surface area contributed by atoms with Gasteiger partial charge in [-0.2, -0.15) is 4.31 Å². The zero-order valence-corrected chi connectivity index (χ0v) is 19.7. The van der Waals surface area contributed by atoms with Gasteiger partial charge in [0.25, 0.3) is 0 Å². The van der Waals surface area contributed by atoms with Crippen LogP contribution in [0.5, 0.6) is 11.5 Å². The summed E-state index contributed by atoms with van der Waals surface area (Å²) in [5, 5.41) is 5.48. The summed E-state index contributed by atoms with van der Waals surface area (Å²) in [7, 11) is -0.586. The van der Waals surface area contributed by atoms with Crippen LogP contribution in [0, 0.1) is 5.92 Å². The van der Waals surface area contributed by atoms with Gasteiger partial charge in [-0.3, -0.25) is 9.59 Å². The average Bonchev–Trinajstić information content (AvgIpc) is 2.84. The molecule has 0 saturated carbocycles. The van der Waals surface area contributed by atoms with E-state index in [0.29, 0.717) is 30.0 Å². The molecule has 2 N–H and O–H groups in total. The lowest BCUT2D eigenvalue weighted by Gasteiger charge is -2.31. The van der Waals surface area contributed by atoms with E-state index in [2.05, 4.69) is 10.6 Å². The van der Waals surface area contributed by atoms with E-state index in [4.69, 9.17) is 9.47 Å². The van der Waals surface area contributed by atoms with Crippen LogP contribution in [-0.4, -0.2) is 57.9 Å². The molecule has 1 heterocycles. The van der Waals surface area contributed by atoms with Crippen LogP contribution in [0.1, 0.15) is 19.8 Å². The van der Waals surface area contributed by atoms with Crippen molar-refractivity contribution in [3.8, 4) is 11.5 Å². The van der Waals surface area contributed by atoms with Crippen LogP contribution in [0.3, 0.4) is 0 Å². The number of carbonyl (C=O) groups excluding carboxylic acids is 2. The molecule has 0 aliphatic carbocycles. The second kappa shape index (κ2) is 10.7. The lowest BCUT2D eigenvalue weighted by Crippen LogP contribution is -2.47. The first-order chi connectivity index (χ1) is 15.7. The van der Waals surface area contributed by atoms with Crippen molar-refractivity contribution in [1.82, 2.24) is 9.62 Å². The Morgan fingerprint density at radius 3 is 2.24 bits per heavy atom. The van der Waals surface area contributed by atoms with Crippen molar-refractivity contribution >= 4 is 27.5 Å². The molecule has 178 valence electrons. The van der Waals surface area contributed by atoms with Crippen LogP contribution in [0.25, 0.3) is 0 Å². The van der Waals surface area contributed by atoms with Gasteiger partial charge in [0.15, 0.2) is 0 Å². The molecule has 1 atom stereocenters. The van der Waals surface area contributed by atoms with Crippen molar-refractivity contribution in [2.45, 2.75) is 30.7 Å². The van der Waals surface area contributed by atoms with Crippen LogP contribution < -0.4 is 20.1 Å². The van der Waals surface area contributed by atoms with Gasteiger partial charge in [0.05, 0.1) is 19.1 Å². The molecule has 1 fully saturated rings. The third-order valence-corrected chi connectivity index (χ3v) is 7.52. The fourth-order valence-electron chi connectivity index (χ4n) is 3.60. The molecule has 10 heteroatoms. The molecule has 2 aromatic carbocycles. The second-order valence-electron chi connectivity index (χ2n) is 7.81. The topological polar surface area (TPSA) is 114 Å². The highest BCUT2D eigenvalue weighted by Gasteiger charge is 2.33. The van der Waals surface area contributed by atoms with Crippen molar-refractivity contribution in [2.24, 2.45) is 5.92 Å². The zero-order chi connectivity index (χ0) is 24.0. The number of nitrogens with zero attached hydrogens (tertiary/aromatic N) is 1. The molecule has 1 aliphatic rings. The van der Waals surface area contributed by atoms with Gasteiger partial charge in [-0.15, -0.1) is 0 Å². The minimum atomic E-state index is -3.64. The molecule has 0 radical (unpaired) electrons. The van der Waals surface area contributed by atoms with Crippen LogP contribution in [0.2, 0.25) is 0 Å². The Labute approximate surface area is 194 Å². The maximum absolute atomic E-state index is 12.9. The summed E-state index contributed by atoms with van der Waals surface area (Å²) in [4.78, 5) is 25.3. The van der Waals surface area contributed by atoms with E-state index in [0.717, 1.165) is 0 Å². The van der Waals surface area contributed by atoms with Gasteiger partial charge < -0.3 is 20.1 Å². The molecule has 0 spiro atoms. The normalized spacial score (nSPS) is 16.0. The molecule has 2 amide bonds. The quantitative estimate of drug-likeness (QED) is 0.605. The molecule has 1 aliphatic heterocycles. The summed E-state index contributed by atoms with van der Waals surface area (Å²) in [6.07, 6.45) is 0.761. The molecule has 3 rings (SSSR count). The Morgan fingerprint density at radius 1 is 1.00 bits per heavy atom. The molecule has 33 heavy (non-hydrogen) atoms. The fraction of sp³-hybridized carbons (Fsp3) is 0.391. The smallest absolute Gasteiger partial charge is 0.246 e. The minimum absolute atomic E-state index is 0.189. The minimum Gasteiger partial charge on any atom is -0.497 e. The number of rotatable bonds is 8. The number of carbonyl (C=O) groups is 2. The lowest BCUT2D eigenvalue weighted by atomic mass is 9.97. The summed E-state index contributed by atoms with van der Waals surface area (Å²) in [6, 6.07) is 12.4. The number of benzene rings is 2. The van der Waals surface area contributed by atoms with Crippen molar-refractivity contribution in [3.63, 3.8) is 0 Å². The first-order valence-corrected chi connectivity index (χ1v) is 12.1. The predicted molar refractivity (Wildman–Crippen MR) is 124 cm³/mol. The number of piperidine rings is 1. The van der Waals surface area contributed by atoms with Gasteiger partial charge in [-0.25, -0.2) is 8.42 Å². The Hall–Kier alpha value is -3.11. The van der Waals surface area contributed by atoms with Crippen LogP contribution >= 0.6 is 0 Å². The van der Waals surface area contributed by atoms with Gasteiger partial charge >= 0.3 is 0 Å². The van der Waals surface area contributed by atoms with E-state index in [1.54, 1.807) is 43.3 Å². The van der Waals surface area contributed by atoms with Crippen LogP contribution in [0.4, 0.5) is 5.69 Å². The van der Waals surface area contributed by atoms with E-state index in [9.17, 15) is 18.0 Å². The number of nitrogens with one attached hydrogen (secondary N) is 2. The second-order valence-corrected chi connectivity index (χ2v) is 9.74. The van der Waals surface area contributed by atoms with Gasteiger partial charge in [0.2, 0.25) is 21.8 Å². The Morgan fingerprint density at radius 2 is 1.64 bits per heavy atom. The molecule has 1 saturated heterocycles. The summed E-state index contributed by atoms with van der Waals surface area (Å²) < 4.78 is 37.3. The number of hydrogen-bond donors (Lipinski definition) is 2. The molecular weight excluding hydrogens is 446 g/mol. The predicted octanol–water partition coefficient (Wildman–Crippen LogP) is 2.25. The first kappa shape index (κ1) is 24.5. The maximum atomic E-state index is 12.9. The van der Waals surface area contributed by atoms with Crippen LogP contribution in [0.15, 0.2) is 53.4 Å². The summed E-state index contributed by atoms with van der Waals surface area (Å²) in [5.41, 5.74) is 0.567. The van der Waals surface area contributed by atoms with Gasteiger partial charge in [-0.05, 0) is 56.2 Å². The zero-order valence-electron chi connectivity index (χ0n) is 18.9. The van der Waals surface area contributed by atoms with E-state index in [1.807, 2.05) is 0 Å². The van der Waals surface area contributed by atoms with Gasteiger partial charge in [0, 0.05) is 30.8 Å². The highest BCUT2D eigenvalue weighted by Crippen LogP contribution is 2.25. The Kier molecular flexibility index (Phi) is 7.93. The summed E-state index contributed by atoms with van der Waals surface area (Å²) >= 11 is 0. The van der Waals surface area contributed by atoms with Crippen molar-refractivity contribution in [2.75, 3.05) is 32.6 Å². The number of methoxy groups -OCH3 is 2. The molecule has 2 aromatic rings. The van der Waals surface area contributed by atoms with E-state index in [1.165, 1.54) is 30.7 Å². The van der Waals surface area contributed by atoms with Crippen LogP contribution in [-0.2, 0) is 19.6 Å². The number of ether oxygens (including phenoxy) is 2. The monoisotopic (exact) mass is 475 g/mol. The number of sulfonamides is 1. The van der Waals surface area contributed by atoms with Crippen molar-refractivity contribution in [3.05, 3.63) is 48.5 Å².